The SMILES string of the molecule is Cc1cccc(CSCC(=O)NC(C(=O)O)C2CCCOC2)c1. The van der Waals surface area contributed by atoms with Crippen LogP contribution in [0.15, 0.2) is 24.3 Å². The van der Waals surface area contributed by atoms with E-state index in [9.17, 15) is 14.7 Å². The Labute approximate surface area is 140 Å². The van der Waals surface area contributed by atoms with Gasteiger partial charge in [-0.2, -0.15) is 0 Å². The molecule has 2 unspecified atom stereocenters. The highest BCUT2D eigenvalue weighted by atomic mass is 32.2. The maximum absolute atomic E-state index is 12.0. The zero-order valence-electron chi connectivity index (χ0n) is 13.3. The van der Waals surface area contributed by atoms with Crippen LogP contribution in [0.25, 0.3) is 0 Å². The van der Waals surface area contributed by atoms with Gasteiger partial charge >= 0.3 is 5.97 Å². The van der Waals surface area contributed by atoms with Crippen molar-refractivity contribution in [1.82, 2.24) is 5.32 Å². The van der Waals surface area contributed by atoms with Gasteiger partial charge in [-0.15, -0.1) is 11.8 Å². The van der Waals surface area contributed by atoms with E-state index < -0.39 is 12.0 Å². The van der Waals surface area contributed by atoms with Gasteiger partial charge in [0.1, 0.15) is 6.04 Å². The number of rotatable bonds is 7. The zero-order chi connectivity index (χ0) is 16.7. The molecule has 0 radical (unpaired) electrons. The van der Waals surface area contributed by atoms with Gasteiger partial charge in [0, 0.05) is 18.3 Å². The van der Waals surface area contributed by atoms with Crippen LogP contribution in [0, 0.1) is 12.8 Å². The van der Waals surface area contributed by atoms with Crippen molar-refractivity contribution >= 4 is 23.6 Å². The minimum atomic E-state index is -0.988. The van der Waals surface area contributed by atoms with Crippen LogP contribution in [-0.2, 0) is 20.1 Å². The summed E-state index contributed by atoms with van der Waals surface area (Å²) in [4.78, 5) is 23.4. The molecule has 0 aromatic heterocycles. The van der Waals surface area contributed by atoms with Gasteiger partial charge in [0.25, 0.3) is 0 Å². The normalized spacial score (nSPS) is 19.1. The highest BCUT2D eigenvalue weighted by Crippen LogP contribution is 2.18. The lowest BCUT2D eigenvalue weighted by atomic mass is 9.94. The van der Waals surface area contributed by atoms with Crippen LogP contribution in [0.3, 0.4) is 0 Å². The van der Waals surface area contributed by atoms with E-state index in [1.165, 1.54) is 22.9 Å². The molecule has 1 heterocycles. The van der Waals surface area contributed by atoms with Gasteiger partial charge in [-0.3, -0.25) is 4.79 Å². The van der Waals surface area contributed by atoms with Crippen LogP contribution in [0.2, 0.25) is 0 Å². The minimum Gasteiger partial charge on any atom is -0.480 e. The van der Waals surface area contributed by atoms with E-state index in [2.05, 4.69) is 11.4 Å². The Morgan fingerprint density at radius 3 is 2.96 bits per heavy atom. The lowest BCUT2D eigenvalue weighted by molar-refractivity contribution is -0.144. The van der Waals surface area contributed by atoms with Crippen molar-refractivity contribution in [3.05, 3.63) is 35.4 Å². The second-order valence-corrected chi connectivity index (χ2v) is 6.83. The summed E-state index contributed by atoms with van der Waals surface area (Å²) in [5.41, 5.74) is 2.36. The smallest absolute Gasteiger partial charge is 0.326 e. The molecule has 2 atom stereocenters. The predicted molar refractivity (Wildman–Crippen MR) is 90.5 cm³/mol. The average molecular weight is 337 g/mol. The summed E-state index contributed by atoms with van der Waals surface area (Å²) in [5, 5.41) is 12.0. The Morgan fingerprint density at radius 1 is 1.48 bits per heavy atom. The van der Waals surface area contributed by atoms with Crippen LogP contribution in [0.4, 0.5) is 0 Å². The molecule has 0 saturated carbocycles. The molecule has 1 amide bonds. The number of aryl methyl sites for hydroxylation is 1. The molecule has 1 aromatic carbocycles. The summed E-state index contributed by atoms with van der Waals surface area (Å²) in [6, 6.07) is 7.28. The molecule has 23 heavy (non-hydrogen) atoms. The van der Waals surface area contributed by atoms with E-state index in [1.807, 2.05) is 25.1 Å². The van der Waals surface area contributed by atoms with Crippen LogP contribution in [0.1, 0.15) is 24.0 Å². The van der Waals surface area contributed by atoms with Crippen LogP contribution in [-0.4, -0.2) is 42.0 Å². The first kappa shape index (κ1) is 17.8. The van der Waals surface area contributed by atoms with Gasteiger partial charge in [-0.25, -0.2) is 4.79 Å². The lowest BCUT2D eigenvalue weighted by Gasteiger charge is -2.28. The molecule has 1 saturated heterocycles. The minimum absolute atomic E-state index is 0.146. The van der Waals surface area contributed by atoms with E-state index in [-0.39, 0.29) is 17.6 Å². The predicted octanol–water partition coefficient (Wildman–Crippen LogP) is 2.22. The Morgan fingerprint density at radius 2 is 2.30 bits per heavy atom. The first-order valence-corrected chi connectivity index (χ1v) is 8.95. The second-order valence-electron chi connectivity index (χ2n) is 5.84. The maximum Gasteiger partial charge on any atom is 0.326 e. The van der Waals surface area contributed by atoms with Crippen molar-refractivity contribution in [2.24, 2.45) is 5.92 Å². The highest BCUT2D eigenvalue weighted by Gasteiger charge is 2.31. The molecule has 5 nitrogen and oxygen atoms in total. The third-order valence-corrected chi connectivity index (χ3v) is 4.84. The molecule has 1 fully saturated rings. The van der Waals surface area contributed by atoms with Crippen molar-refractivity contribution in [2.75, 3.05) is 19.0 Å². The Balaban J connectivity index is 1.78. The second kappa shape index (κ2) is 8.93. The number of benzene rings is 1. The third kappa shape index (κ3) is 5.88. The number of hydrogen-bond acceptors (Lipinski definition) is 4. The van der Waals surface area contributed by atoms with E-state index in [0.717, 1.165) is 18.6 Å². The fourth-order valence-corrected chi connectivity index (χ4v) is 3.47. The molecule has 0 bridgehead atoms. The number of hydrogen-bond donors (Lipinski definition) is 2. The van der Waals surface area contributed by atoms with E-state index >= 15 is 0 Å². The molecular weight excluding hydrogens is 314 g/mol. The summed E-state index contributed by atoms with van der Waals surface area (Å²) < 4.78 is 5.33. The van der Waals surface area contributed by atoms with Crippen molar-refractivity contribution in [3.63, 3.8) is 0 Å². The summed E-state index contributed by atoms with van der Waals surface area (Å²) in [6.07, 6.45) is 1.61. The van der Waals surface area contributed by atoms with Crippen molar-refractivity contribution < 1.29 is 19.4 Å². The fraction of sp³-hybridized carbons (Fsp3) is 0.529. The van der Waals surface area contributed by atoms with E-state index in [1.54, 1.807) is 0 Å². The standard InChI is InChI=1S/C17H23NO4S/c1-12-4-2-5-13(8-12)10-23-11-15(19)18-16(17(20)21)14-6-3-7-22-9-14/h2,4-5,8,14,16H,3,6-7,9-11H2,1H3,(H,18,19)(H,20,21). The van der Waals surface area contributed by atoms with Gasteiger partial charge in [0.2, 0.25) is 5.91 Å². The number of carboxylic acids is 1. The van der Waals surface area contributed by atoms with Crippen molar-refractivity contribution in [2.45, 2.75) is 31.6 Å². The Kier molecular flexibility index (Phi) is 6.92. The zero-order valence-corrected chi connectivity index (χ0v) is 14.1. The summed E-state index contributed by atoms with van der Waals surface area (Å²) in [7, 11) is 0. The van der Waals surface area contributed by atoms with Crippen LogP contribution < -0.4 is 5.32 Å². The molecule has 0 aliphatic carbocycles. The number of ether oxygens (including phenoxy) is 1. The molecular formula is C17H23NO4S. The third-order valence-electron chi connectivity index (χ3n) is 3.83. The number of aliphatic carboxylic acids is 1. The monoisotopic (exact) mass is 337 g/mol. The summed E-state index contributed by atoms with van der Waals surface area (Å²) in [6.45, 7) is 3.10. The number of carbonyl (C=O) groups is 2. The van der Waals surface area contributed by atoms with Crippen LogP contribution >= 0.6 is 11.8 Å². The number of carboxylic acid groups (broad SMARTS) is 1. The molecule has 1 aromatic rings. The molecule has 2 rings (SSSR count). The first-order chi connectivity index (χ1) is 11.1. The Bertz CT molecular complexity index is 543. The highest BCUT2D eigenvalue weighted by molar-refractivity contribution is 7.99. The average Bonchev–Trinajstić information content (AvgIpc) is 2.53. The number of nitrogens with one attached hydrogen (secondary N) is 1. The fourth-order valence-electron chi connectivity index (χ4n) is 2.69. The molecule has 0 spiro atoms. The van der Waals surface area contributed by atoms with E-state index in [0.29, 0.717) is 13.2 Å². The van der Waals surface area contributed by atoms with Crippen molar-refractivity contribution in [1.29, 1.82) is 0 Å². The molecule has 6 heteroatoms. The van der Waals surface area contributed by atoms with Crippen LogP contribution in [0.5, 0.6) is 0 Å². The van der Waals surface area contributed by atoms with Gasteiger partial charge in [0.05, 0.1) is 12.4 Å². The topological polar surface area (TPSA) is 75.6 Å². The van der Waals surface area contributed by atoms with Crippen molar-refractivity contribution in [3.8, 4) is 0 Å². The number of carbonyl (C=O) groups excluding carboxylic acids is 1. The lowest BCUT2D eigenvalue weighted by Crippen LogP contribution is -2.48. The molecule has 1 aliphatic heterocycles. The quantitative estimate of drug-likeness (QED) is 0.798. The molecule has 2 N–H and O–H groups in total. The molecule has 1 aliphatic rings. The van der Waals surface area contributed by atoms with Gasteiger partial charge in [0.15, 0.2) is 0 Å². The largest absolute Gasteiger partial charge is 0.480 e. The first-order valence-electron chi connectivity index (χ1n) is 7.79. The van der Waals surface area contributed by atoms with E-state index in [4.69, 9.17) is 4.74 Å². The summed E-state index contributed by atoms with van der Waals surface area (Å²) >= 11 is 1.49. The Hall–Kier alpha value is -1.53. The van der Waals surface area contributed by atoms with Gasteiger partial charge in [-0.1, -0.05) is 29.8 Å². The van der Waals surface area contributed by atoms with Gasteiger partial charge in [-0.05, 0) is 25.3 Å². The summed E-state index contributed by atoms with van der Waals surface area (Å²) in [5.74, 6) is -0.379. The number of thioether (sulfide) groups is 1. The van der Waals surface area contributed by atoms with Gasteiger partial charge < -0.3 is 15.2 Å². The molecule has 126 valence electrons. The number of amides is 1. The maximum atomic E-state index is 12.0.